The van der Waals surface area contributed by atoms with E-state index in [-0.39, 0.29) is 17.6 Å². The molecule has 0 aliphatic heterocycles. The molecule has 0 saturated heterocycles. The molecule has 116 valence electrons. The lowest BCUT2D eigenvalue weighted by atomic mass is 10.0. The number of carbonyl (C=O) groups is 2. The van der Waals surface area contributed by atoms with Crippen LogP contribution in [-0.2, 0) is 4.79 Å². The minimum absolute atomic E-state index is 0.105. The van der Waals surface area contributed by atoms with E-state index in [0.717, 1.165) is 0 Å². The second-order valence-electron chi connectivity index (χ2n) is 5.02. The number of halogens is 1. The maximum atomic E-state index is 12.3. The van der Waals surface area contributed by atoms with Crippen molar-refractivity contribution in [1.29, 1.82) is 0 Å². The zero-order chi connectivity index (χ0) is 16.1. The predicted octanol–water partition coefficient (Wildman–Crippen LogP) is 2.72. The average Bonchev–Trinajstić information content (AvgIpc) is 3.00. The summed E-state index contributed by atoms with van der Waals surface area (Å²) in [6, 6.07) is 5.64. The molecule has 2 heterocycles. The number of hydrogen-bond donors (Lipinski definition) is 2. The molecule has 2 aromatic heterocycles. The monoisotopic (exact) mass is 321 g/mol. The summed E-state index contributed by atoms with van der Waals surface area (Å²) < 4.78 is 5.02. The fraction of sp³-hybridized carbons (Fsp3) is 0.267. The van der Waals surface area contributed by atoms with Crippen molar-refractivity contribution in [1.82, 2.24) is 10.3 Å². The van der Waals surface area contributed by atoms with Gasteiger partial charge in [0.15, 0.2) is 5.76 Å². The largest absolute Gasteiger partial charge is 0.459 e. The van der Waals surface area contributed by atoms with E-state index in [1.807, 2.05) is 13.8 Å². The molecular weight excluding hydrogens is 306 g/mol. The number of hydrogen-bond acceptors (Lipinski definition) is 4. The highest BCUT2D eigenvalue weighted by Crippen LogP contribution is 2.12. The summed E-state index contributed by atoms with van der Waals surface area (Å²) in [6.45, 7) is 3.67. The fourth-order valence-corrected chi connectivity index (χ4v) is 1.92. The molecule has 1 atom stereocenters. The number of nitrogens with zero attached hydrogens (tertiary/aromatic N) is 1. The number of aromatic nitrogens is 1. The SMILES string of the molecule is CC(C)C(NC(=O)c1ccco1)C(=O)Nc1ccc(Cl)cn1. The van der Waals surface area contributed by atoms with Crippen LogP contribution in [0.2, 0.25) is 5.02 Å². The summed E-state index contributed by atoms with van der Waals surface area (Å²) >= 11 is 5.74. The van der Waals surface area contributed by atoms with Crippen LogP contribution < -0.4 is 10.6 Å². The van der Waals surface area contributed by atoms with Gasteiger partial charge in [-0.3, -0.25) is 9.59 Å². The number of nitrogens with one attached hydrogen (secondary N) is 2. The van der Waals surface area contributed by atoms with Crippen molar-refractivity contribution in [3.05, 3.63) is 47.5 Å². The molecule has 0 saturated carbocycles. The van der Waals surface area contributed by atoms with Crippen molar-refractivity contribution in [2.24, 2.45) is 5.92 Å². The van der Waals surface area contributed by atoms with Gasteiger partial charge in [-0.25, -0.2) is 4.98 Å². The summed E-state index contributed by atoms with van der Waals surface area (Å²) in [4.78, 5) is 28.3. The van der Waals surface area contributed by atoms with Crippen molar-refractivity contribution in [3.63, 3.8) is 0 Å². The summed E-state index contributed by atoms with van der Waals surface area (Å²) in [6.07, 6.45) is 2.83. The van der Waals surface area contributed by atoms with Crippen LogP contribution >= 0.6 is 11.6 Å². The van der Waals surface area contributed by atoms with Crippen LogP contribution in [0.25, 0.3) is 0 Å². The van der Waals surface area contributed by atoms with E-state index in [0.29, 0.717) is 10.8 Å². The van der Waals surface area contributed by atoms with Gasteiger partial charge in [0.1, 0.15) is 11.9 Å². The normalized spacial score (nSPS) is 12.0. The average molecular weight is 322 g/mol. The molecule has 2 N–H and O–H groups in total. The Morgan fingerprint density at radius 1 is 1.27 bits per heavy atom. The maximum absolute atomic E-state index is 12.3. The van der Waals surface area contributed by atoms with E-state index in [2.05, 4.69) is 15.6 Å². The van der Waals surface area contributed by atoms with Crippen LogP contribution in [-0.4, -0.2) is 22.8 Å². The lowest BCUT2D eigenvalue weighted by Crippen LogP contribution is -2.47. The minimum Gasteiger partial charge on any atom is -0.459 e. The number of anilines is 1. The van der Waals surface area contributed by atoms with Crippen LogP contribution in [0.1, 0.15) is 24.4 Å². The molecule has 0 radical (unpaired) electrons. The Kier molecular flexibility index (Phi) is 5.16. The van der Waals surface area contributed by atoms with Crippen LogP contribution in [0.3, 0.4) is 0 Å². The number of amides is 2. The Labute approximate surface area is 132 Å². The lowest BCUT2D eigenvalue weighted by molar-refractivity contribution is -0.118. The molecule has 2 aromatic rings. The topological polar surface area (TPSA) is 84.2 Å². The van der Waals surface area contributed by atoms with Gasteiger partial charge in [0.25, 0.3) is 5.91 Å². The number of pyridine rings is 1. The molecular formula is C15H16ClN3O3. The van der Waals surface area contributed by atoms with Crippen molar-refractivity contribution < 1.29 is 14.0 Å². The third-order valence-corrected chi connectivity index (χ3v) is 3.18. The second kappa shape index (κ2) is 7.09. The third kappa shape index (κ3) is 4.08. The molecule has 0 fully saturated rings. The van der Waals surface area contributed by atoms with E-state index in [1.165, 1.54) is 18.5 Å². The van der Waals surface area contributed by atoms with Gasteiger partial charge in [0.2, 0.25) is 5.91 Å². The molecule has 22 heavy (non-hydrogen) atoms. The first-order valence-corrected chi connectivity index (χ1v) is 7.12. The van der Waals surface area contributed by atoms with E-state index < -0.39 is 11.9 Å². The Balaban J connectivity index is 2.05. The van der Waals surface area contributed by atoms with Gasteiger partial charge in [0.05, 0.1) is 11.3 Å². The number of rotatable bonds is 5. The molecule has 1 unspecified atom stereocenters. The molecule has 0 aliphatic rings. The van der Waals surface area contributed by atoms with E-state index >= 15 is 0 Å². The van der Waals surface area contributed by atoms with Crippen LogP contribution in [0.5, 0.6) is 0 Å². The molecule has 0 spiro atoms. The van der Waals surface area contributed by atoms with Gasteiger partial charge >= 0.3 is 0 Å². The highest BCUT2D eigenvalue weighted by Gasteiger charge is 2.25. The number of furan rings is 1. The van der Waals surface area contributed by atoms with Gasteiger partial charge < -0.3 is 15.1 Å². The van der Waals surface area contributed by atoms with Crippen molar-refractivity contribution in [3.8, 4) is 0 Å². The Morgan fingerprint density at radius 2 is 2.05 bits per heavy atom. The maximum Gasteiger partial charge on any atom is 0.287 e. The highest BCUT2D eigenvalue weighted by molar-refractivity contribution is 6.30. The third-order valence-electron chi connectivity index (χ3n) is 2.96. The quantitative estimate of drug-likeness (QED) is 0.886. The number of carbonyl (C=O) groups excluding carboxylic acids is 2. The molecule has 2 amide bonds. The van der Waals surface area contributed by atoms with Gasteiger partial charge in [-0.05, 0) is 30.2 Å². The Morgan fingerprint density at radius 3 is 2.59 bits per heavy atom. The highest BCUT2D eigenvalue weighted by atomic mass is 35.5. The van der Waals surface area contributed by atoms with Gasteiger partial charge in [-0.2, -0.15) is 0 Å². The van der Waals surface area contributed by atoms with Gasteiger partial charge in [-0.15, -0.1) is 0 Å². The molecule has 2 rings (SSSR count). The smallest absolute Gasteiger partial charge is 0.287 e. The van der Waals surface area contributed by atoms with Crippen LogP contribution in [0.15, 0.2) is 41.1 Å². The molecule has 6 nitrogen and oxygen atoms in total. The van der Waals surface area contributed by atoms with Crippen LogP contribution in [0, 0.1) is 5.92 Å². The fourth-order valence-electron chi connectivity index (χ4n) is 1.81. The first-order chi connectivity index (χ1) is 10.5. The zero-order valence-electron chi connectivity index (χ0n) is 12.2. The van der Waals surface area contributed by atoms with Crippen molar-refractivity contribution >= 4 is 29.2 Å². The molecule has 0 aliphatic carbocycles. The van der Waals surface area contributed by atoms with Crippen molar-refractivity contribution in [2.45, 2.75) is 19.9 Å². The van der Waals surface area contributed by atoms with E-state index in [9.17, 15) is 9.59 Å². The Bertz CT molecular complexity index is 639. The summed E-state index contributed by atoms with van der Waals surface area (Å²) in [5, 5.41) is 5.78. The van der Waals surface area contributed by atoms with Gasteiger partial charge in [-0.1, -0.05) is 25.4 Å². The van der Waals surface area contributed by atoms with E-state index in [1.54, 1.807) is 18.2 Å². The lowest BCUT2D eigenvalue weighted by Gasteiger charge is -2.20. The van der Waals surface area contributed by atoms with Gasteiger partial charge in [0, 0.05) is 6.20 Å². The second-order valence-corrected chi connectivity index (χ2v) is 5.46. The van der Waals surface area contributed by atoms with Crippen LogP contribution in [0.4, 0.5) is 5.82 Å². The first-order valence-electron chi connectivity index (χ1n) is 6.74. The molecule has 0 aromatic carbocycles. The minimum atomic E-state index is -0.713. The summed E-state index contributed by atoms with van der Waals surface area (Å²) in [5.74, 6) is -0.380. The molecule has 0 bridgehead atoms. The standard InChI is InChI=1S/C15H16ClN3O3/c1-9(2)13(19-14(20)11-4-3-7-22-11)15(21)18-12-6-5-10(16)8-17-12/h3-9,13H,1-2H3,(H,19,20)(H,17,18,21). The first kappa shape index (κ1) is 16.0. The summed E-state index contributed by atoms with van der Waals surface area (Å²) in [7, 11) is 0. The molecule has 7 heteroatoms. The zero-order valence-corrected chi connectivity index (χ0v) is 12.9. The Hall–Kier alpha value is -2.34. The van der Waals surface area contributed by atoms with E-state index in [4.69, 9.17) is 16.0 Å². The predicted molar refractivity (Wildman–Crippen MR) is 82.7 cm³/mol. The summed E-state index contributed by atoms with van der Waals surface area (Å²) in [5.41, 5.74) is 0. The van der Waals surface area contributed by atoms with Crippen molar-refractivity contribution in [2.75, 3.05) is 5.32 Å².